The molecular weight excluding hydrogens is 206 g/mol. The normalized spacial score (nSPS) is 10.6. The van der Waals surface area contributed by atoms with Gasteiger partial charge in [0.25, 0.3) is 0 Å². The molecule has 3 nitrogen and oxygen atoms in total. The maximum absolute atomic E-state index is 5.65. The molecule has 0 spiro atoms. The number of hydrogen-bond donors (Lipinski definition) is 2. The fourth-order valence-corrected chi connectivity index (χ4v) is 1.44. The van der Waals surface area contributed by atoms with Gasteiger partial charge in [0.15, 0.2) is 0 Å². The second-order valence-electron chi connectivity index (χ2n) is 2.30. The van der Waals surface area contributed by atoms with Crippen LogP contribution in [0.4, 0.5) is 5.69 Å². The van der Waals surface area contributed by atoms with Crippen molar-refractivity contribution in [2.75, 3.05) is 5.73 Å². The smallest absolute Gasteiger partial charge is 0.0813 e. The first kappa shape index (κ1) is 6.67. The van der Waals surface area contributed by atoms with Gasteiger partial charge in [0.05, 0.1) is 16.2 Å². The van der Waals surface area contributed by atoms with Crippen molar-refractivity contribution in [3.05, 3.63) is 22.8 Å². The molecule has 0 aliphatic carbocycles. The summed E-state index contributed by atoms with van der Waals surface area (Å²) in [7, 11) is 0. The van der Waals surface area contributed by atoms with Gasteiger partial charge in [-0.3, -0.25) is 5.10 Å². The Labute approximate surface area is 71.7 Å². The average Bonchev–Trinajstić information content (AvgIpc) is 2.45. The number of hydrogen-bond acceptors (Lipinski definition) is 2. The fourth-order valence-electron chi connectivity index (χ4n) is 0.995. The van der Waals surface area contributed by atoms with E-state index in [1.54, 1.807) is 6.20 Å². The van der Waals surface area contributed by atoms with E-state index < -0.39 is 0 Å². The molecule has 0 aliphatic heterocycles. The Bertz CT molecular complexity index is 393. The number of nitrogens with one attached hydrogen (secondary N) is 1. The van der Waals surface area contributed by atoms with Crippen LogP contribution in [-0.2, 0) is 0 Å². The van der Waals surface area contributed by atoms with Gasteiger partial charge in [-0.1, -0.05) is 0 Å². The molecule has 0 amide bonds. The lowest BCUT2D eigenvalue weighted by Gasteiger charge is -1.96. The van der Waals surface area contributed by atoms with Gasteiger partial charge in [-0.05, 0) is 28.1 Å². The highest BCUT2D eigenvalue weighted by Gasteiger charge is 2.02. The molecule has 0 saturated carbocycles. The third-order valence-corrected chi connectivity index (χ3v) is 2.44. The zero-order valence-electron chi connectivity index (χ0n) is 5.63. The van der Waals surface area contributed by atoms with Gasteiger partial charge in [-0.2, -0.15) is 5.10 Å². The number of H-pyrrole nitrogens is 1. The van der Waals surface area contributed by atoms with Crippen molar-refractivity contribution in [3.63, 3.8) is 0 Å². The second-order valence-corrected chi connectivity index (χ2v) is 3.10. The van der Waals surface area contributed by atoms with Crippen molar-refractivity contribution in [2.24, 2.45) is 0 Å². The van der Waals surface area contributed by atoms with Crippen molar-refractivity contribution in [1.82, 2.24) is 10.2 Å². The molecule has 4 heteroatoms. The Morgan fingerprint density at radius 3 is 3.09 bits per heavy atom. The molecule has 1 heterocycles. The number of rotatable bonds is 0. The van der Waals surface area contributed by atoms with Gasteiger partial charge in [-0.15, -0.1) is 0 Å². The molecule has 1 aromatic carbocycles. The summed E-state index contributed by atoms with van der Waals surface area (Å²) >= 11 is 3.36. The molecule has 1 aromatic heterocycles. The minimum atomic E-state index is 0.724. The van der Waals surface area contributed by atoms with Crippen molar-refractivity contribution in [3.8, 4) is 0 Å². The van der Waals surface area contributed by atoms with Crippen LogP contribution >= 0.6 is 15.9 Å². The summed E-state index contributed by atoms with van der Waals surface area (Å²) in [6, 6.07) is 3.78. The number of nitrogen functional groups attached to an aromatic ring is 1. The lowest BCUT2D eigenvalue weighted by atomic mass is 10.2. The Balaban J connectivity index is 2.93. The van der Waals surface area contributed by atoms with Crippen LogP contribution < -0.4 is 5.73 Å². The molecule has 0 radical (unpaired) electrons. The largest absolute Gasteiger partial charge is 0.398 e. The summed E-state index contributed by atoms with van der Waals surface area (Å²) < 4.78 is 0.882. The van der Waals surface area contributed by atoms with Gasteiger partial charge < -0.3 is 5.73 Å². The van der Waals surface area contributed by atoms with E-state index in [-0.39, 0.29) is 0 Å². The van der Waals surface area contributed by atoms with Gasteiger partial charge in [0, 0.05) is 11.1 Å². The summed E-state index contributed by atoms with van der Waals surface area (Å²) in [4.78, 5) is 0. The van der Waals surface area contributed by atoms with Crippen LogP contribution in [0.3, 0.4) is 0 Å². The molecule has 2 aromatic rings. The molecule has 2 rings (SSSR count). The summed E-state index contributed by atoms with van der Waals surface area (Å²) in [5, 5.41) is 7.81. The number of nitrogens with two attached hydrogens (primary N) is 1. The highest BCUT2D eigenvalue weighted by Crippen LogP contribution is 2.27. The van der Waals surface area contributed by atoms with Crippen molar-refractivity contribution in [2.45, 2.75) is 0 Å². The summed E-state index contributed by atoms with van der Waals surface area (Å²) in [5.74, 6) is 0. The molecule has 0 aliphatic rings. The number of aromatic nitrogens is 2. The lowest BCUT2D eigenvalue weighted by molar-refractivity contribution is 1.12. The maximum atomic E-state index is 5.65. The van der Waals surface area contributed by atoms with E-state index in [0.29, 0.717) is 0 Å². The summed E-state index contributed by atoms with van der Waals surface area (Å²) in [5.41, 5.74) is 7.32. The first-order valence-corrected chi connectivity index (χ1v) is 3.95. The molecule has 0 saturated heterocycles. The predicted molar refractivity (Wildman–Crippen MR) is 48.2 cm³/mol. The van der Waals surface area contributed by atoms with Gasteiger partial charge >= 0.3 is 0 Å². The van der Waals surface area contributed by atoms with E-state index in [9.17, 15) is 0 Å². The lowest BCUT2D eigenvalue weighted by Crippen LogP contribution is -1.85. The van der Waals surface area contributed by atoms with Crippen LogP contribution in [0.25, 0.3) is 10.9 Å². The quantitative estimate of drug-likeness (QED) is 0.655. The average molecular weight is 212 g/mol. The zero-order chi connectivity index (χ0) is 7.84. The molecule has 0 bridgehead atoms. The maximum Gasteiger partial charge on any atom is 0.0813 e. The number of anilines is 1. The fraction of sp³-hybridized carbons (Fsp3) is 0. The Morgan fingerprint density at radius 2 is 2.27 bits per heavy atom. The van der Waals surface area contributed by atoms with Crippen LogP contribution in [0.5, 0.6) is 0 Å². The molecule has 0 fully saturated rings. The standard InChI is InChI=1S/C7H6BrN3/c8-6-5(9)2-1-4-3-10-11-7(4)6/h1-3H,9H2,(H,10,11). The van der Waals surface area contributed by atoms with Crippen LogP contribution in [0, 0.1) is 0 Å². The first-order valence-electron chi connectivity index (χ1n) is 3.16. The third-order valence-electron chi connectivity index (χ3n) is 1.58. The highest BCUT2D eigenvalue weighted by molar-refractivity contribution is 9.10. The van der Waals surface area contributed by atoms with E-state index in [2.05, 4.69) is 26.1 Å². The van der Waals surface area contributed by atoms with Crippen molar-refractivity contribution >= 4 is 32.5 Å². The number of fused-ring (bicyclic) bond motifs is 1. The molecule has 3 N–H and O–H groups in total. The Morgan fingerprint density at radius 1 is 1.45 bits per heavy atom. The molecule has 11 heavy (non-hydrogen) atoms. The van der Waals surface area contributed by atoms with E-state index in [1.807, 2.05) is 12.1 Å². The monoisotopic (exact) mass is 211 g/mol. The summed E-state index contributed by atoms with van der Waals surface area (Å²) in [6.07, 6.45) is 1.76. The van der Waals surface area contributed by atoms with E-state index in [0.717, 1.165) is 21.1 Å². The molecule has 0 atom stereocenters. The second kappa shape index (κ2) is 2.23. The van der Waals surface area contributed by atoms with Crippen molar-refractivity contribution in [1.29, 1.82) is 0 Å². The van der Waals surface area contributed by atoms with Crippen LogP contribution in [0.15, 0.2) is 22.8 Å². The molecular formula is C7H6BrN3. The Kier molecular flexibility index (Phi) is 1.35. The third kappa shape index (κ3) is 0.903. The topological polar surface area (TPSA) is 54.7 Å². The Hall–Kier alpha value is -1.03. The van der Waals surface area contributed by atoms with Crippen LogP contribution in [0.2, 0.25) is 0 Å². The number of halogens is 1. The van der Waals surface area contributed by atoms with Gasteiger partial charge in [0.1, 0.15) is 0 Å². The van der Waals surface area contributed by atoms with E-state index in [1.165, 1.54) is 0 Å². The SMILES string of the molecule is Nc1ccc2cn[nH]c2c1Br. The van der Waals surface area contributed by atoms with Gasteiger partial charge in [0.2, 0.25) is 0 Å². The van der Waals surface area contributed by atoms with Crippen LogP contribution in [0.1, 0.15) is 0 Å². The minimum absolute atomic E-state index is 0.724. The number of nitrogens with zero attached hydrogens (tertiary/aromatic N) is 1. The molecule has 56 valence electrons. The minimum Gasteiger partial charge on any atom is -0.398 e. The summed E-state index contributed by atoms with van der Waals surface area (Å²) in [6.45, 7) is 0. The van der Waals surface area contributed by atoms with E-state index >= 15 is 0 Å². The zero-order valence-corrected chi connectivity index (χ0v) is 7.22. The van der Waals surface area contributed by atoms with Crippen LogP contribution in [-0.4, -0.2) is 10.2 Å². The van der Waals surface area contributed by atoms with Gasteiger partial charge in [-0.25, -0.2) is 0 Å². The molecule has 0 unspecified atom stereocenters. The first-order chi connectivity index (χ1) is 5.29. The number of aromatic amines is 1. The van der Waals surface area contributed by atoms with Crippen molar-refractivity contribution < 1.29 is 0 Å². The predicted octanol–water partition coefficient (Wildman–Crippen LogP) is 1.91. The number of benzene rings is 1. The van der Waals surface area contributed by atoms with E-state index in [4.69, 9.17) is 5.73 Å². The highest BCUT2D eigenvalue weighted by atomic mass is 79.9.